The van der Waals surface area contributed by atoms with E-state index in [0.29, 0.717) is 0 Å². The van der Waals surface area contributed by atoms with E-state index in [-0.39, 0.29) is 6.61 Å². The van der Waals surface area contributed by atoms with Crippen molar-refractivity contribution in [2.45, 2.75) is 6.61 Å². The van der Waals surface area contributed by atoms with Crippen LogP contribution in [0, 0.1) is 0 Å². The molecule has 1 heterocycles. The minimum atomic E-state index is -0.00336. The third kappa shape index (κ3) is 1.58. The molecule has 4 heteroatoms. The van der Waals surface area contributed by atoms with Crippen LogP contribution in [-0.4, -0.2) is 14.9 Å². The second-order valence-electron chi connectivity index (χ2n) is 2.85. The highest BCUT2D eigenvalue weighted by atomic mass is 79.9. The van der Waals surface area contributed by atoms with Crippen LogP contribution in [0.15, 0.2) is 41.1 Å². The molecule has 0 fully saturated rings. The third-order valence-electron chi connectivity index (χ3n) is 2.00. The number of rotatable bonds is 2. The summed E-state index contributed by atoms with van der Waals surface area (Å²) in [4.78, 5) is 0. The Bertz CT molecular complexity index is 426. The van der Waals surface area contributed by atoms with Gasteiger partial charge >= 0.3 is 0 Å². The zero-order valence-corrected chi connectivity index (χ0v) is 8.98. The van der Waals surface area contributed by atoms with Crippen molar-refractivity contribution in [2.75, 3.05) is 0 Å². The Morgan fingerprint density at radius 2 is 2.21 bits per heavy atom. The Morgan fingerprint density at radius 3 is 2.86 bits per heavy atom. The van der Waals surface area contributed by atoms with Crippen LogP contribution in [-0.2, 0) is 6.61 Å². The third-order valence-corrected chi connectivity index (χ3v) is 2.75. The van der Waals surface area contributed by atoms with Gasteiger partial charge in [-0.1, -0.05) is 22.0 Å². The van der Waals surface area contributed by atoms with Crippen molar-refractivity contribution in [3.63, 3.8) is 0 Å². The normalized spacial score (nSPS) is 10.4. The van der Waals surface area contributed by atoms with Gasteiger partial charge in [-0.25, -0.2) is 4.68 Å². The van der Waals surface area contributed by atoms with Gasteiger partial charge in [0.1, 0.15) is 0 Å². The average Bonchev–Trinajstić information content (AvgIpc) is 2.70. The highest BCUT2D eigenvalue weighted by Crippen LogP contribution is 2.22. The fourth-order valence-corrected chi connectivity index (χ4v) is 1.81. The van der Waals surface area contributed by atoms with E-state index in [1.54, 1.807) is 10.9 Å². The Labute approximate surface area is 90.1 Å². The van der Waals surface area contributed by atoms with Gasteiger partial charge < -0.3 is 5.11 Å². The van der Waals surface area contributed by atoms with Crippen LogP contribution in [0.25, 0.3) is 5.69 Å². The summed E-state index contributed by atoms with van der Waals surface area (Å²) in [6.07, 6.45) is 3.56. The SMILES string of the molecule is OCc1c(Br)cccc1-n1cccn1. The average molecular weight is 253 g/mol. The number of aliphatic hydroxyl groups excluding tert-OH is 1. The molecule has 0 spiro atoms. The number of hydrogen-bond acceptors (Lipinski definition) is 2. The first kappa shape index (κ1) is 9.43. The lowest BCUT2D eigenvalue weighted by Gasteiger charge is -2.08. The summed E-state index contributed by atoms with van der Waals surface area (Å²) < 4.78 is 2.63. The predicted octanol–water partition coefficient (Wildman–Crippen LogP) is 2.13. The van der Waals surface area contributed by atoms with Crippen LogP contribution >= 0.6 is 15.9 Å². The van der Waals surface area contributed by atoms with Crippen LogP contribution in [0.4, 0.5) is 0 Å². The first-order chi connectivity index (χ1) is 6.83. The molecule has 0 saturated heterocycles. The topological polar surface area (TPSA) is 38.0 Å². The first-order valence-electron chi connectivity index (χ1n) is 4.21. The molecule has 0 atom stereocenters. The lowest BCUT2D eigenvalue weighted by Crippen LogP contribution is -2.00. The first-order valence-corrected chi connectivity index (χ1v) is 5.00. The lowest BCUT2D eigenvalue weighted by molar-refractivity contribution is 0.280. The van der Waals surface area contributed by atoms with Crippen LogP contribution in [0.1, 0.15) is 5.56 Å². The molecule has 0 bridgehead atoms. The molecule has 0 aliphatic rings. The molecule has 1 N–H and O–H groups in total. The Kier molecular flexibility index (Phi) is 2.65. The van der Waals surface area contributed by atoms with Crippen LogP contribution in [0.5, 0.6) is 0 Å². The van der Waals surface area contributed by atoms with E-state index in [9.17, 15) is 5.11 Å². The minimum absolute atomic E-state index is 0.00336. The number of hydrogen-bond donors (Lipinski definition) is 1. The fourth-order valence-electron chi connectivity index (χ4n) is 1.33. The van der Waals surface area contributed by atoms with Crippen molar-refractivity contribution in [3.05, 3.63) is 46.7 Å². The molecular weight excluding hydrogens is 244 g/mol. The van der Waals surface area contributed by atoms with Crippen molar-refractivity contribution in [3.8, 4) is 5.69 Å². The van der Waals surface area contributed by atoms with E-state index < -0.39 is 0 Å². The number of nitrogens with zero attached hydrogens (tertiary/aromatic N) is 2. The molecule has 3 nitrogen and oxygen atoms in total. The lowest BCUT2D eigenvalue weighted by atomic mass is 10.2. The maximum atomic E-state index is 9.23. The van der Waals surface area contributed by atoms with Gasteiger partial charge in [-0.3, -0.25) is 0 Å². The standard InChI is InChI=1S/C10H9BrN2O/c11-9-3-1-4-10(8(9)7-14)13-6-2-5-12-13/h1-6,14H,7H2. The highest BCUT2D eigenvalue weighted by molar-refractivity contribution is 9.10. The number of halogens is 1. The predicted molar refractivity (Wildman–Crippen MR) is 57.2 cm³/mol. The van der Waals surface area contributed by atoms with Crippen molar-refractivity contribution in [1.29, 1.82) is 0 Å². The molecule has 1 aromatic carbocycles. The molecule has 2 rings (SSSR count). The van der Waals surface area contributed by atoms with E-state index in [1.807, 2.05) is 30.5 Å². The van der Waals surface area contributed by atoms with Crippen LogP contribution < -0.4 is 0 Å². The van der Waals surface area contributed by atoms with Crippen molar-refractivity contribution in [1.82, 2.24) is 9.78 Å². The molecule has 0 aliphatic heterocycles. The molecule has 0 unspecified atom stereocenters. The summed E-state index contributed by atoms with van der Waals surface area (Å²) in [6, 6.07) is 7.59. The van der Waals surface area contributed by atoms with E-state index >= 15 is 0 Å². The maximum Gasteiger partial charge on any atom is 0.0714 e. The van der Waals surface area contributed by atoms with Gasteiger partial charge in [0.25, 0.3) is 0 Å². The highest BCUT2D eigenvalue weighted by Gasteiger charge is 2.06. The summed E-state index contributed by atoms with van der Waals surface area (Å²) in [7, 11) is 0. The number of aromatic nitrogens is 2. The van der Waals surface area contributed by atoms with Crippen molar-refractivity contribution in [2.24, 2.45) is 0 Å². The van der Waals surface area contributed by atoms with Gasteiger partial charge in [-0.2, -0.15) is 5.10 Å². The van der Waals surface area contributed by atoms with Gasteiger partial charge in [0.15, 0.2) is 0 Å². The van der Waals surface area contributed by atoms with Crippen molar-refractivity contribution >= 4 is 15.9 Å². The van der Waals surface area contributed by atoms with Gasteiger partial charge in [-0.05, 0) is 18.2 Å². The van der Waals surface area contributed by atoms with Crippen LogP contribution in [0.3, 0.4) is 0 Å². The van der Waals surface area contributed by atoms with E-state index in [1.165, 1.54) is 0 Å². The largest absolute Gasteiger partial charge is 0.392 e. The second kappa shape index (κ2) is 3.94. The molecule has 72 valence electrons. The van der Waals surface area contributed by atoms with Crippen LogP contribution in [0.2, 0.25) is 0 Å². The number of benzene rings is 1. The minimum Gasteiger partial charge on any atom is -0.392 e. The van der Waals surface area contributed by atoms with E-state index in [0.717, 1.165) is 15.7 Å². The molecule has 0 aliphatic carbocycles. The molecule has 0 radical (unpaired) electrons. The fraction of sp³-hybridized carbons (Fsp3) is 0.100. The van der Waals surface area contributed by atoms with Gasteiger partial charge in [-0.15, -0.1) is 0 Å². The Balaban J connectivity index is 2.58. The summed E-state index contributed by atoms with van der Waals surface area (Å²) >= 11 is 3.39. The van der Waals surface area contributed by atoms with Gasteiger partial charge in [0.05, 0.1) is 12.3 Å². The van der Waals surface area contributed by atoms with E-state index in [2.05, 4.69) is 21.0 Å². The smallest absolute Gasteiger partial charge is 0.0714 e. The Morgan fingerprint density at radius 1 is 1.36 bits per heavy atom. The summed E-state index contributed by atoms with van der Waals surface area (Å²) in [5, 5.41) is 13.3. The quantitative estimate of drug-likeness (QED) is 0.890. The molecule has 0 amide bonds. The zero-order chi connectivity index (χ0) is 9.97. The summed E-state index contributed by atoms with van der Waals surface area (Å²) in [6.45, 7) is -0.00336. The molecule has 1 aromatic heterocycles. The molecule has 2 aromatic rings. The van der Waals surface area contributed by atoms with Crippen molar-refractivity contribution < 1.29 is 5.11 Å². The summed E-state index contributed by atoms with van der Waals surface area (Å²) in [5.74, 6) is 0. The van der Waals surface area contributed by atoms with Gasteiger partial charge in [0.2, 0.25) is 0 Å². The monoisotopic (exact) mass is 252 g/mol. The zero-order valence-electron chi connectivity index (χ0n) is 7.39. The summed E-state index contributed by atoms with van der Waals surface area (Å²) in [5.41, 5.74) is 1.74. The number of aliphatic hydroxyl groups is 1. The molecular formula is C10H9BrN2O. The van der Waals surface area contributed by atoms with E-state index in [4.69, 9.17) is 0 Å². The maximum absolute atomic E-state index is 9.23. The molecule has 0 saturated carbocycles. The molecule has 14 heavy (non-hydrogen) atoms. The van der Waals surface area contributed by atoms with Gasteiger partial charge in [0, 0.05) is 22.4 Å². The second-order valence-corrected chi connectivity index (χ2v) is 3.70. The Hall–Kier alpha value is -1.13.